The van der Waals surface area contributed by atoms with E-state index in [9.17, 15) is 4.79 Å². The average Bonchev–Trinajstić information content (AvgIpc) is 2.66. The van der Waals surface area contributed by atoms with Crippen LogP contribution in [0.2, 0.25) is 0 Å². The van der Waals surface area contributed by atoms with Crippen molar-refractivity contribution < 1.29 is 4.74 Å². The van der Waals surface area contributed by atoms with E-state index in [-0.39, 0.29) is 11.4 Å². The molecule has 0 saturated heterocycles. The van der Waals surface area contributed by atoms with Gasteiger partial charge in [-0.15, -0.1) is 10.2 Å². The number of nitrogens with one attached hydrogen (secondary N) is 1. The SMILES string of the molecule is COc1ccc(CSc2nnc(Nc3ccccc3)c(=O)n2C)cc1. The van der Waals surface area contributed by atoms with Gasteiger partial charge in [0.2, 0.25) is 5.82 Å². The third-order valence-electron chi connectivity index (χ3n) is 3.59. The largest absolute Gasteiger partial charge is 0.497 e. The van der Waals surface area contributed by atoms with Gasteiger partial charge >= 0.3 is 0 Å². The number of hydrogen-bond donors (Lipinski definition) is 1. The minimum Gasteiger partial charge on any atom is -0.497 e. The predicted octanol–water partition coefficient (Wildman–Crippen LogP) is 3.22. The fourth-order valence-corrected chi connectivity index (χ4v) is 3.04. The minimum absolute atomic E-state index is 0.211. The summed E-state index contributed by atoms with van der Waals surface area (Å²) < 4.78 is 6.65. The molecule has 128 valence electrons. The molecular weight excluding hydrogens is 336 g/mol. The fraction of sp³-hybridized carbons (Fsp3) is 0.167. The van der Waals surface area contributed by atoms with Crippen LogP contribution in [0.1, 0.15) is 5.56 Å². The summed E-state index contributed by atoms with van der Waals surface area (Å²) in [5.41, 5.74) is 1.70. The van der Waals surface area contributed by atoms with E-state index in [1.807, 2.05) is 54.6 Å². The number of ether oxygens (including phenoxy) is 1. The molecule has 6 nitrogen and oxygen atoms in total. The van der Waals surface area contributed by atoms with Crippen LogP contribution >= 0.6 is 11.8 Å². The summed E-state index contributed by atoms with van der Waals surface area (Å²) in [6.45, 7) is 0. The summed E-state index contributed by atoms with van der Waals surface area (Å²) in [5, 5.41) is 11.8. The van der Waals surface area contributed by atoms with Crippen LogP contribution in [0.15, 0.2) is 64.5 Å². The molecule has 7 heteroatoms. The molecule has 0 saturated carbocycles. The van der Waals surface area contributed by atoms with Gasteiger partial charge < -0.3 is 10.1 Å². The topological polar surface area (TPSA) is 69.0 Å². The number of anilines is 2. The molecule has 0 amide bonds. The Balaban J connectivity index is 1.72. The molecule has 0 aliphatic rings. The van der Waals surface area contributed by atoms with Crippen LogP contribution < -0.4 is 15.6 Å². The molecule has 2 aromatic carbocycles. The molecule has 0 aliphatic heterocycles. The van der Waals surface area contributed by atoms with Gasteiger partial charge in [-0.05, 0) is 29.8 Å². The van der Waals surface area contributed by atoms with E-state index in [0.717, 1.165) is 17.0 Å². The molecule has 0 aliphatic carbocycles. The van der Waals surface area contributed by atoms with E-state index in [2.05, 4.69) is 15.5 Å². The Morgan fingerprint density at radius 2 is 1.80 bits per heavy atom. The smallest absolute Gasteiger partial charge is 0.297 e. The highest BCUT2D eigenvalue weighted by atomic mass is 32.2. The number of hydrogen-bond acceptors (Lipinski definition) is 6. The lowest BCUT2D eigenvalue weighted by molar-refractivity contribution is 0.414. The number of methoxy groups -OCH3 is 1. The Morgan fingerprint density at radius 1 is 1.08 bits per heavy atom. The molecule has 0 fully saturated rings. The number of aromatic nitrogens is 3. The van der Waals surface area contributed by atoms with Gasteiger partial charge in [0.15, 0.2) is 5.16 Å². The second kappa shape index (κ2) is 7.85. The molecule has 3 rings (SSSR count). The molecule has 0 bridgehead atoms. The number of rotatable bonds is 6. The maximum atomic E-state index is 12.5. The quantitative estimate of drug-likeness (QED) is 0.686. The summed E-state index contributed by atoms with van der Waals surface area (Å²) in [7, 11) is 3.34. The van der Waals surface area contributed by atoms with Gasteiger partial charge in [-0.3, -0.25) is 9.36 Å². The first-order valence-electron chi connectivity index (χ1n) is 7.69. The highest BCUT2D eigenvalue weighted by molar-refractivity contribution is 7.98. The summed E-state index contributed by atoms with van der Waals surface area (Å²) in [6.07, 6.45) is 0. The van der Waals surface area contributed by atoms with Gasteiger partial charge in [0.05, 0.1) is 7.11 Å². The fourth-order valence-electron chi connectivity index (χ4n) is 2.18. The Hall–Kier alpha value is -2.80. The Morgan fingerprint density at radius 3 is 2.48 bits per heavy atom. The minimum atomic E-state index is -0.212. The molecule has 0 spiro atoms. The Kier molecular flexibility index (Phi) is 5.35. The average molecular weight is 354 g/mol. The van der Waals surface area contributed by atoms with Crippen LogP contribution in [0.25, 0.3) is 0 Å². The maximum absolute atomic E-state index is 12.5. The van der Waals surface area contributed by atoms with Crippen LogP contribution in [-0.4, -0.2) is 21.9 Å². The van der Waals surface area contributed by atoms with Crippen LogP contribution in [0.4, 0.5) is 11.5 Å². The van der Waals surface area contributed by atoms with Crippen molar-refractivity contribution in [1.82, 2.24) is 14.8 Å². The molecular formula is C18H18N4O2S. The molecule has 1 N–H and O–H groups in total. The maximum Gasteiger partial charge on any atom is 0.297 e. The number of nitrogens with zero attached hydrogens (tertiary/aromatic N) is 3. The van der Waals surface area contributed by atoms with Crippen LogP contribution in [0, 0.1) is 0 Å². The van der Waals surface area contributed by atoms with E-state index in [0.29, 0.717) is 10.9 Å². The Labute approximate surface area is 149 Å². The second-order valence-electron chi connectivity index (χ2n) is 5.32. The van der Waals surface area contributed by atoms with Crippen molar-refractivity contribution >= 4 is 23.3 Å². The summed E-state index contributed by atoms with van der Waals surface area (Å²) in [6, 6.07) is 17.2. The van der Waals surface area contributed by atoms with Crippen LogP contribution in [0.5, 0.6) is 5.75 Å². The highest BCUT2D eigenvalue weighted by Gasteiger charge is 2.10. The molecule has 0 atom stereocenters. The lowest BCUT2D eigenvalue weighted by Gasteiger charge is -2.09. The zero-order chi connectivity index (χ0) is 17.6. The first-order chi connectivity index (χ1) is 12.2. The van der Waals surface area contributed by atoms with Crippen molar-refractivity contribution in [3.63, 3.8) is 0 Å². The summed E-state index contributed by atoms with van der Waals surface area (Å²) in [4.78, 5) is 12.5. The van der Waals surface area contributed by atoms with Gasteiger partial charge in [0.1, 0.15) is 5.75 Å². The molecule has 1 heterocycles. The van der Waals surface area contributed by atoms with Gasteiger partial charge in [-0.25, -0.2) is 0 Å². The van der Waals surface area contributed by atoms with Crippen molar-refractivity contribution in [2.75, 3.05) is 12.4 Å². The second-order valence-corrected chi connectivity index (χ2v) is 6.27. The van der Waals surface area contributed by atoms with Crippen molar-refractivity contribution in [3.8, 4) is 5.75 Å². The zero-order valence-corrected chi connectivity index (χ0v) is 14.8. The summed E-state index contributed by atoms with van der Waals surface area (Å²) >= 11 is 1.46. The lowest BCUT2D eigenvalue weighted by Crippen LogP contribution is -2.24. The van der Waals surface area contributed by atoms with Crippen molar-refractivity contribution in [1.29, 1.82) is 0 Å². The molecule has 1 aromatic heterocycles. The zero-order valence-electron chi connectivity index (χ0n) is 14.0. The molecule has 0 radical (unpaired) electrons. The molecule has 3 aromatic rings. The predicted molar refractivity (Wildman–Crippen MR) is 99.6 cm³/mol. The standard InChI is InChI=1S/C18H18N4O2S/c1-22-17(23)16(19-14-6-4-3-5-7-14)20-21-18(22)25-12-13-8-10-15(24-2)11-9-13/h3-11H,12H2,1-2H3,(H,19,20). The van der Waals surface area contributed by atoms with Gasteiger partial charge in [-0.2, -0.15) is 0 Å². The monoisotopic (exact) mass is 354 g/mol. The number of benzene rings is 2. The molecule has 0 unspecified atom stereocenters. The number of thioether (sulfide) groups is 1. The lowest BCUT2D eigenvalue weighted by atomic mass is 10.2. The van der Waals surface area contributed by atoms with E-state index in [1.54, 1.807) is 14.2 Å². The first-order valence-corrected chi connectivity index (χ1v) is 8.67. The van der Waals surface area contributed by atoms with Crippen molar-refractivity contribution in [2.24, 2.45) is 7.05 Å². The normalized spacial score (nSPS) is 10.5. The molecule has 25 heavy (non-hydrogen) atoms. The third-order valence-corrected chi connectivity index (χ3v) is 4.68. The highest BCUT2D eigenvalue weighted by Crippen LogP contribution is 2.21. The Bertz CT molecular complexity index is 895. The number of para-hydroxylation sites is 1. The van der Waals surface area contributed by atoms with Gasteiger partial charge in [0, 0.05) is 18.5 Å². The van der Waals surface area contributed by atoms with E-state index in [1.165, 1.54) is 16.3 Å². The first kappa shape index (κ1) is 17.0. The van der Waals surface area contributed by atoms with Crippen molar-refractivity contribution in [3.05, 3.63) is 70.5 Å². The van der Waals surface area contributed by atoms with Gasteiger partial charge in [-0.1, -0.05) is 42.1 Å². The van der Waals surface area contributed by atoms with E-state index < -0.39 is 0 Å². The summed E-state index contributed by atoms with van der Waals surface area (Å²) in [5.74, 6) is 1.72. The van der Waals surface area contributed by atoms with E-state index in [4.69, 9.17) is 4.74 Å². The third kappa shape index (κ3) is 4.19. The van der Waals surface area contributed by atoms with E-state index >= 15 is 0 Å². The van der Waals surface area contributed by atoms with Crippen LogP contribution in [-0.2, 0) is 12.8 Å². The van der Waals surface area contributed by atoms with Crippen LogP contribution in [0.3, 0.4) is 0 Å². The van der Waals surface area contributed by atoms with Crippen molar-refractivity contribution in [2.45, 2.75) is 10.9 Å². The van der Waals surface area contributed by atoms with Gasteiger partial charge in [0.25, 0.3) is 5.56 Å².